The van der Waals surface area contributed by atoms with Gasteiger partial charge in [-0.2, -0.15) is 0 Å². The van der Waals surface area contributed by atoms with Gasteiger partial charge in [0.1, 0.15) is 5.82 Å². The predicted molar refractivity (Wildman–Crippen MR) is 79.2 cm³/mol. The van der Waals surface area contributed by atoms with Crippen molar-refractivity contribution in [1.29, 1.82) is 0 Å². The topological polar surface area (TPSA) is 24.5 Å². The highest BCUT2D eigenvalue weighted by Gasteiger charge is 2.15. The van der Waals surface area contributed by atoms with Crippen molar-refractivity contribution in [3.05, 3.63) is 48.3 Å². The molecule has 0 spiro atoms. The van der Waals surface area contributed by atoms with Gasteiger partial charge in [0.25, 0.3) is 0 Å². The van der Waals surface area contributed by atoms with E-state index < -0.39 is 0 Å². The highest BCUT2D eigenvalue weighted by Crippen LogP contribution is 2.20. The first-order valence-corrected chi connectivity index (χ1v) is 7.20. The van der Waals surface area contributed by atoms with Gasteiger partial charge in [-0.15, -0.1) is 6.58 Å². The van der Waals surface area contributed by atoms with Gasteiger partial charge in [0.05, 0.1) is 13.2 Å². The molecule has 4 heteroatoms. The van der Waals surface area contributed by atoms with E-state index in [0.717, 1.165) is 51.4 Å². The predicted octanol–water partition coefficient (Wildman–Crippen LogP) is 2.36. The van der Waals surface area contributed by atoms with Crippen LogP contribution in [0.5, 0.6) is 0 Å². The van der Waals surface area contributed by atoms with Crippen LogP contribution in [0, 0.1) is 5.82 Å². The highest BCUT2D eigenvalue weighted by molar-refractivity contribution is 5.21. The smallest absolute Gasteiger partial charge is 0.127 e. The first-order chi connectivity index (χ1) is 9.81. The number of nitrogens with zero attached hydrogens (tertiary/aromatic N) is 1. The normalized spacial score (nSPS) is 17.9. The molecule has 2 rings (SSSR count). The molecule has 1 aromatic carbocycles. The van der Waals surface area contributed by atoms with Crippen molar-refractivity contribution < 1.29 is 9.13 Å². The van der Waals surface area contributed by atoms with Crippen LogP contribution in [0.3, 0.4) is 0 Å². The van der Waals surface area contributed by atoms with Crippen molar-refractivity contribution in [2.75, 3.05) is 39.4 Å². The summed E-state index contributed by atoms with van der Waals surface area (Å²) >= 11 is 0. The van der Waals surface area contributed by atoms with E-state index in [1.807, 2.05) is 18.2 Å². The van der Waals surface area contributed by atoms with Crippen LogP contribution in [0.4, 0.5) is 4.39 Å². The summed E-state index contributed by atoms with van der Waals surface area (Å²) in [4.78, 5) is 2.36. The van der Waals surface area contributed by atoms with E-state index in [9.17, 15) is 4.39 Å². The zero-order valence-electron chi connectivity index (χ0n) is 11.9. The molecule has 0 aliphatic carbocycles. The van der Waals surface area contributed by atoms with Crippen molar-refractivity contribution in [2.24, 2.45) is 0 Å². The maximum absolute atomic E-state index is 13.8. The Morgan fingerprint density at radius 3 is 2.80 bits per heavy atom. The zero-order valence-corrected chi connectivity index (χ0v) is 11.9. The summed E-state index contributed by atoms with van der Waals surface area (Å²) in [6, 6.07) is 6.94. The molecule has 1 saturated heterocycles. The van der Waals surface area contributed by atoms with Crippen LogP contribution in [-0.4, -0.2) is 44.3 Å². The minimum absolute atomic E-state index is 0.00487. The van der Waals surface area contributed by atoms with Gasteiger partial charge in [0.15, 0.2) is 0 Å². The number of morpholine rings is 1. The number of benzene rings is 1. The summed E-state index contributed by atoms with van der Waals surface area (Å²) < 4.78 is 19.2. The maximum atomic E-state index is 13.8. The van der Waals surface area contributed by atoms with Gasteiger partial charge in [-0.3, -0.25) is 4.90 Å². The Morgan fingerprint density at radius 2 is 2.10 bits per heavy atom. The van der Waals surface area contributed by atoms with E-state index in [4.69, 9.17) is 4.74 Å². The van der Waals surface area contributed by atoms with Gasteiger partial charge in [-0.1, -0.05) is 24.3 Å². The number of ether oxygens (including phenoxy) is 1. The lowest BCUT2D eigenvalue weighted by Gasteiger charge is -2.27. The fourth-order valence-electron chi connectivity index (χ4n) is 2.47. The third-order valence-corrected chi connectivity index (χ3v) is 3.61. The average Bonchev–Trinajstić information content (AvgIpc) is 2.48. The zero-order chi connectivity index (χ0) is 14.2. The summed E-state index contributed by atoms with van der Waals surface area (Å²) in [5, 5.41) is 3.43. The first-order valence-electron chi connectivity index (χ1n) is 7.20. The van der Waals surface area contributed by atoms with Gasteiger partial charge in [0.2, 0.25) is 0 Å². The van der Waals surface area contributed by atoms with Crippen molar-refractivity contribution in [1.82, 2.24) is 10.2 Å². The SMILES string of the molecule is C=CCC(NCCN1CCOCC1)c1ccccc1F. The second kappa shape index (κ2) is 8.15. The standard InChI is InChI=1S/C16H23FN2O/c1-2-5-16(14-6-3-4-7-15(14)17)18-8-9-19-10-12-20-13-11-19/h2-4,6-7,16,18H,1,5,8-13H2. The van der Waals surface area contributed by atoms with E-state index >= 15 is 0 Å². The third-order valence-electron chi connectivity index (χ3n) is 3.61. The first kappa shape index (κ1) is 15.2. The molecule has 1 N–H and O–H groups in total. The molecular weight excluding hydrogens is 255 g/mol. The lowest BCUT2D eigenvalue weighted by Crippen LogP contribution is -2.40. The fourth-order valence-corrected chi connectivity index (χ4v) is 2.47. The Labute approximate surface area is 120 Å². The molecule has 1 aliphatic rings. The molecule has 1 atom stereocenters. The molecule has 1 unspecified atom stereocenters. The molecule has 1 aliphatic heterocycles. The summed E-state index contributed by atoms with van der Waals surface area (Å²) in [6.07, 6.45) is 2.56. The van der Waals surface area contributed by atoms with Gasteiger partial charge < -0.3 is 10.1 Å². The Morgan fingerprint density at radius 1 is 1.35 bits per heavy atom. The van der Waals surface area contributed by atoms with Gasteiger partial charge in [-0.05, 0) is 12.5 Å². The number of rotatable bonds is 7. The monoisotopic (exact) mass is 278 g/mol. The maximum Gasteiger partial charge on any atom is 0.127 e. The molecule has 1 aromatic rings. The quantitative estimate of drug-likeness (QED) is 0.775. The summed E-state index contributed by atoms with van der Waals surface area (Å²) in [5.74, 6) is -0.154. The fraction of sp³-hybridized carbons (Fsp3) is 0.500. The molecular formula is C16H23FN2O. The van der Waals surface area contributed by atoms with Gasteiger partial charge >= 0.3 is 0 Å². The van der Waals surface area contributed by atoms with Crippen molar-refractivity contribution in [3.8, 4) is 0 Å². The van der Waals surface area contributed by atoms with Gasteiger partial charge in [-0.25, -0.2) is 4.39 Å². The summed E-state index contributed by atoms with van der Waals surface area (Å²) in [5.41, 5.74) is 0.717. The Bertz CT molecular complexity index is 419. The van der Waals surface area contributed by atoms with Crippen LogP contribution in [0.1, 0.15) is 18.0 Å². The van der Waals surface area contributed by atoms with E-state index in [-0.39, 0.29) is 11.9 Å². The molecule has 0 aromatic heterocycles. The highest BCUT2D eigenvalue weighted by atomic mass is 19.1. The van der Waals surface area contributed by atoms with Crippen LogP contribution in [0.2, 0.25) is 0 Å². The summed E-state index contributed by atoms with van der Waals surface area (Å²) in [7, 11) is 0. The Hall–Kier alpha value is -1.23. The largest absolute Gasteiger partial charge is 0.379 e. The molecule has 0 amide bonds. The second-order valence-corrected chi connectivity index (χ2v) is 5.01. The van der Waals surface area contributed by atoms with E-state index in [0.29, 0.717) is 0 Å². The lowest BCUT2D eigenvalue weighted by atomic mass is 10.0. The third kappa shape index (κ3) is 4.40. The number of halogens is 1. The van der Waals surface area contributed by atoms with Crippen LogP contribution < -0.4 is 5.32 Å². The van der Waals surface area contributed by atoms with Crippen molar-refractivity contribution in [3.63, 3.8) is 0 Å². The molecule has 0 radical (unpaired) electrons. The molecule has 110 valence electrons. The molecule has 3 nitrogen and oxygen atoms in total. The minimum atomic E-state index is -0.154. The van der Waals surface area contributed by atoms with Crippen molar-refractivity contribution in [2.45, 2.75) is 12.5 Å². The average molecular weight is 278 g/mol. The van der Waals surface area contributed by atoms with E-state index in [1.165, 1.54) is 6.07 Å². The Kier molecular flexibility index (Phi) is 6.18. The van der Waals surface area contributed by atoms with E-state index in [1.54, 1.807) is 6.07 Å². The van der Waals surface area contributed by atoms with Crippen molar-refractivity contribution >= 4 is 0 Å². The molecule has 0 saturated carbocycles. The van der Waals surface area contributed by atoms with Gasteiger partial charge in [0, 0.05) is 37.8 Å². The second-order valence-electron chi connectivity index (χ2n) is 5.01. The van der Waals surface area contributed by atoms with Crippen LogP contribution in [0.25, 0.3) is 0 Å². The van der Waals surface area contributed by atoms with Crippen LogP contribution >= 0.6 is 0 Å². The molecule has 1 fully saturated rings. The van der Waals surface area contributed by atoms with Crippen LogP contribution in [-0.2, 0) is 4.74 Å². The van der Waals surface area contributed by atoms with Crippen LogP contribution in [0.15, 0.2) is 36.9 Å². The molecule has 0 bridgehead atoms. The van der Waals surface area contributed by atoms with E-state index in [2.05, 4.69) is 16.8 Å². The Balaban J connectivity index is 1.86. The summed E-state index contributed by atoms with van der Waals surface area (Å²) in [6.45, 7) is 9.15. The number of hydrogen-bond acceptors (Lipinski definition) is 3. The molecule has 1 heterocycles. The number of nitrogens with one attached hydrogen (secondary N) is 1. The minimum Gasteiger partial charge on any atom is -0.379 e. The lowest BCUT2D eigenvalue weighted by molar-refractivity contribution is 0.0381. The number of hydrogen-bond donors (Lipinski definition) is 1. The molecule has 20 heavy (non-hydrogen) atoms.